The van der Waals surface area contributed by atoms with Crippen molar-refractivity contribution in [1.82, 2.24) is 14.8 Å². The molecular weight excluding hydrogens is 254 g/mol. The lowest BCUT2D eigenvalue weighted by Gasteiger charge is -2.07. The van der Waals surface area contributed by atoms with Gasteiger partial charge in [-0.15, -0.1) is 10.2 Å². The summed E-state index contributed by atoms with van der Waals surface area (Å²) in [5.41, 5.74) is 1.29. The Hall–Kier alpha value is -1.29. The van der Waals surface area contributed by atoms with Gasteiger partial charge in [-0.1, -0.05) is 55.4 Å². The number of rotatable bonds is 7. The molecule has 2 aromatic rings. The number of benzene rings is 1. The van der Waals surface area contributed by atoms with Crippen LogP contribution in [0.2, 0.25) is 0 Å². The van der Waals surface area contributed by atoms with E-state index in [1.54, 1.807) is 0 Å². The van der Waals surface area contributed by atoms with Crippen LogP contribution < -0.4 is 0 Å². The average molecular weight is 275 g/mol. The minimum absolute atomic E-state index is 0.857. The van der Waals surface area contributed by atoms with Crippen LogP contribution in [0.25, 0.3) is 0 Å². The molecule has 0 aliphatic carbocycles. The zero-order chi connectivity index (χ0) is 13.5. The van der Waals surface area contributed by atoms with Crippen molar-refractivity contribution in [3.05, 3.63) is 41.7 Å². The maximum atomic E-state index is 4.35. The Kier molecular flexibility index (Phi) is 5.45. The minimum Gasteiger partial charge on any atom is -0.306 e. The van der Waals surface area contributed by atoms with Crippen molar-refractivity contribution in [2.24, 2.45) is 0 Å². The van der Waals surface area contributed by atoms with Crippen LogP contribution in [0.5, 0.6) is 0 Å². The third kappa shape index (κ3) is 3.83. The second-order valence-electron chi connectivity index (χ2n) is 4.51. The van der Waals surface area contributed by atoms with E-state index in [4.69, 9.17) is 0 Å². The molecule has 0 radical (unpaired) electrons. The molecule has 0 atom stereocenters. The summed E-state index contributed by atoms with van der Waals surface area (Å²) in [5.74, 6) is 2.19. The van der Waals surface area contributed by atoms with Crippen LogP contribution >= 0.6 is 11.8 Å². The Morgan fingerprint density at radius 3 is 2.58 bits per heavy atom. The Balaban J connectivity index is 2.08. The van der Waals surface area contributed by atoms with Crippen molar-refractivity contribution in [2.75, 3.05) is 5.75 Å². The monoisotopic (exact) mass is 275 g/mol. The molecule has 3 nitrogen and oxygen atoms in total. The molecule has 2 rings (SSSR count). The van der Waals surface area contributed by atoms with Crippen LogP contribution in [0.4, 0.5) is 0 Å². The summed E-state index contributed by atoms with van der Waals surface area (Å²) >= 11 is 1.82. The summed E-state index contributed by atoms with van der Waals surface area (Å²) in [5, 5.41) is 9.74. The molecule has 0 aliphatic heterocycles. The van der Waals surface area contributed by atoms with Crippen LogP contribution in [0.15, 0.2) is 35.5 Å². The van der Waals surface area contributed by atoms with Gasteiger partial charge in [0.25, 0.3) is 0 Å². The highest BCUT2D eigenvalue weighted by atomic mass is 32.2. The molecule has 19 heavy (non-hydrogen) atoms. The van der Waals surface area contributed by atoms with Crippen molar-refractivity contribution in [1.29, 1.82) is 0 Å². The lowest BCUT2D eigenvalue weighted by molar-refractivity contribution is 0.650. The molecule has 1 aromatic carbocycles. The topological polar surface area (TPSA) is 30.7 Å². The van der Waals surface area contributed by atoms with Crippen LogP contribution in [-0.4, -0.2) is 20.5 Å². The van der Waals surface area contributed by atoms with E-state index in [0.717, 1.165) is 29.7 Å². The molecule has 0 saturated heterocycles. The molecule has 4 heteroatoms. The number of unbranched alkanes of at least 4 members (excludes halogenated alkanes) is 1. The van der Waals surface area contributed by atoms with Crippen molar-refractivity contribution < 1.29 is 0 Å². The molecule has 0 bridgehead atoms. The van der Waals surface area contributed by atoms with Gasteiger partial charge in [-0.3, -0.25) is 0 Å². The van der Waals surface area contributed by atoms with Crippen molar-refractivity contribution >= 4 is 11.8 Å². The average Bonchev–Trinajstić information content (AvgIpc) is 2.82. The first-order chi connectivity index (χ1) is 9.35. The van der Waals surface area contributed by atoms with Crippen molar-refractivity contribution in [2.45, 2.75) is 44.8 Å². The van der Waals surface area contributed by atoms with Gasteiger partial charge in [0.15, 0.2) is 5.16 Å². The fourth-order valence-electron chi connectivity index (χ4n) is 1.96. The fourth-order valence-corrected chi connectivity index (χ4v) is 3.06. The summed E-state index contributed by atoms with van der Waals surface area (Å²) < 4.78 is 2.23. The molecule has 0 spiro atoms. The largest absolute Gasteiger partial charge is 0.306 e. The Labute approximate surface area is 119 Å². The molecule has 0 saturated carbocycles. The maximum Gasteiger partial charge on any atom is 0.191 e. The van der Waals surface area contributed by atoms with Gasteiger partial charge < -0.3 is 4.57 Å². The van der Waals surface area contributed by atoms with Gasteiger partial charge in [-0.05, 0) is 18.9 Å². The predicted molar refractivity (Wildman–Crippen MR) is 80.6 cm³/mol. The third-order valence-electron chi connectivity index (χ3n) is 3.04. The fraction of sp³-hybridized carbons (Fsp3) is 0.467. The van der Waals surface area contributed by atoms with Gasteiger partial charge in [-0.2, -0.15) is 0 Å². The van der Waals surface area contributed by atoms with Gasteiger partial charge in [-0.25, -0.2) is 0 Å². The minimum atomic E-state index is 0.857. The summed E-state index contributed by atoms with van der Waals surface area (Å²) in [6.45, 7) is 5.30. The first kappa shape index (κ1) is 14.1. The zero-order valence-corrected chi connectivity index (χ0v) is 12.5. The summed E-state index contributed by atoms with van der Waals surface area (Å²) in [7, 11) is 0. The Bertz CT molecular complexity index is 493. The molecule has 0 unspecified atom stereocenters. The zero-order valence-electron chi connectivity index (χ0n) is 11.7. The van der Waals surface area contributed by atoms with E-state index in [9.17, 15) is 0 Å². The molecule has 0 amide bonds. The highest BCUT2D eigenvalue weighted by Gasteiger charge is 2.11. The smallest absolute Gasteiger partial charge is 0.191 e. The molecule has 102 valence electrons. The third-order valence-corrected chi connectivity index (χ3v) is 4.10. The number of hydrogen-bond acceptors (Lipinski definition) is 3. The van der Waals surface area contributed by atoms with Crippen molar-refractivity contribution in [3.8, 4) is 0 Å². The van der Waals surface area contributed by atoms with Gasteiger partial charge in [0.05, 0.1) is 0 Å². The first-order valence-electron chi connectivity index (χ1n) is 6.94. The quantitative estimate of drug-likeness (QED) is 0.569. The lowest BCUT2D eigenvalue weighted by atomic mass is 10.1. The van der Waals surface area contributed by atoms with Gasteiger partial charge in [0, 0.05) is 18.7 Å². The van der Waals surface area contributed by atoms with E-state index in [1.165, 1.54) is 18.4 Å². The number of hydrogen-bond donors (Lipinski definition) is 0. The maximum absolute atomic E-state index is 4.35. The number of nitrogens with zero attached hydrogens (tertiary/aromatic N) is 3. The van der Waals surface area contributed by atoms with E-state index in [0.29, 0.717) is 0 Å². The second-order valence-corrected chi connectivity index (χ2v) is 5.57. The molecule has 0 fully saturated rings. The predicted octanol–water partition coefficient (Wildman–Crippen LogP) is 3.78. The summed E-state index contributed by atoms with van der Waals surface area (Å²) in [4.78, 5) is 0. The van der Waals surface area contributed by atoms with Gasteiger partial charge >= 0.3 is 0 Å². The van der Waals surface area contributed by atoms with E-state index < -0.39 is 0 Å². The normalized spacial score (nSPS) is 10.8. The molecule has 0 N–H and O–H groups in total. The van der Waals surface area contributed by atoms with Crippen LogP contribution in [-0.2, 0) is 13.0 Å². The Morgan fingerprint density at radius 1 is 1.11 bits per heavy atom. The van der Waals surface area contributed by atoms with Crippen LogP contribution in [0.3, 0.4) is 0 Å². The van der Waals surface area contributed by atoms with Gasteiger partial charge in [0.1, 0.15) is 5.82 Å². The van der Waals surface area contributed by atoms with E-state index >= 15 is 0 Å². The van der Waals surface area contributed by atoms with E-state index in [-0.39, 0.29) is 0 Å². The highest BCUT2D eigenvalue weighted by Crippen LogP contribution is 2.19. The van der Waals surface area contributed by atoms with Crippen LogP contribution in [0, 0.1) is 0 Å². The SMILES string of the molecule is CCCCSc1nnc(Cc2ccccc2)n1CC. The van der Waals surface area contributed by atoms with Crippen LogP contribution in [0.1, 0.15) is 38.1 Å². The second kappa shape index (κ2) is 7.34. The molecule has 1 aromatic heterocycles. The summed E-state index contributed by atoms with van der Waals surface area (Å²) in [6.07, 6.45) is 3.31. The standard InChI is InChI=1S/C15H21N3S/c1-3-5-11-19-15-17-16-14(18(15)4-2)12-13-9-7-6-8-10-13/h6-10H,3-5,11-12H2,1-2H3. The van der Waals surface area contributed by atoms with E-state index in [1.807, 2.05) is 17.8 Å². The lowest BCUT2D eigenvalue weighted by Crippen LogP contribution is -2.04. The number of thioether (sulfide) groups is 1. The Morgan fingerprint density at radius 2 is 1.89 bits per heavy atom. The molecular formula is C15H21N3S. The highest BCUT2D eigenvalue weighted by molar-refractivity contribution is 7.99. The molecule has 1 heterocycles. The number of aromatic nitrogens is 3. The summed E-state index contributed by atoms with van der Waals surface area (Å²) in [6, 6.07) is 10.5. The van der Waals surface area contributed by atoms with Crippen molar-refractivity contribution in [3.63, 3.8) is 0 Å². The van der Waals surface area contributed by atoms with Gasteiger partial charge in [0.2, 0.25) is 0 Å². The first-order valence-corrected chi connectivity index (χ1v) is 7.92. The molecule has 0 aliphatic rings. The van der Waals surface area contributed by atoms with E-state index in [2.05, 4.69) is 52.9 Å².